The molecule has 23 heavy (non-hydrogen) atoms. The molecule has 0 aliphatic heterocycles. The van der Waals surface area contributed by atoms with E-state index in [1.54, 1.807) is 7.05 Å². The Morgan fingerprint density at radius 3 is 2.65 bits per heavy atom. The zero-order valence-corrected chi connectivity index (χ0v) is 17.3. The zero-order valence-electron chi connectivity index (χ0n) is 14.8. The van der Waals surface area contributed by atoms with Crippen molar-refractivity contribution < 1.29 is 18.9 Å². The van der Waals surface area contributed by atoms with Gasteiger partial charge >= 0.3 is 6.09 Å². The van der Waals surface area contributed by atoms with Crippen molar-refractivity contribution in [3.8, 4) is 0 Å². The summed E-state index contributed by atoms with van der Waals surface area (Å²) in [6, 6.07) is 0. The van der Waals surface area contributed by atoms with Crippen molar-refractivity contribution in [3.05, 3.63) is 0 Å². The van der Waals surface area contributed by atoms with E-state index in [-0.39, 0.29) is 6.61 Å². The van der Waals surface area contributed by atoms with E-state index in [0.29, 0.717) is 17.7 Å². The molecule has 0 saturated heterocycles. The fraction of sp³-hybridized carbons (Fsp3) is 0.933. The fourth-order valence-electron chi connectivity index (χ4n) is 2.42. The first kappa shape index (κ1) is 21.2. The molecule has 1 N–H and O–H groups in total. The van der Waals surface area contributed by atoms with E-state index in [9.17, 15) is 9.69 Å². The van der Waals surface area contributed by atoms with Crippen LogP contribution in [0.4, 0.5) is 4.79 Å². The number of carbonyl (C=O) groups excluding carboxylic acids is 1. The van der Waals surface area contributed by atoms with Crippen LogP contribution in [0.15, 0.2) is 0 Å². The Kier molecular flexibility index (Phi) is 8.35. The third-order valence-electron chi connectivity index (χ3n) is 3.56. The van der Waals surface area contributed by atoms with Gasteiger partial charge in [-0.3, -0.25) is 0 Å². The van der Waals surface area contributed by atoms with Gasteiger partial charge in [-0.25, -0.2) is 4.79 Å². The minimum absolute atomic E-state index is 0.221. The average molecular weight is 384 g/mol. The van der Waals surface area contributed by atoms with Gasteiger partial charge in [-0.2, -0.15) is 0 Å². The summed E-state index contributed by atoms with van der Waals surface area (Å²) in [6.45, 7) is 8.28. The highest BCUT2D eigenvalue weighted by Crippen LogP contribution is 2.60. The van der Waals surface area contributed by atoms with Crippen molar-refractivity contribution in [2.45, 2.75) is 64.2 Å². The zero-order chi connectivity index (χ0) is 17.7. The minimum Gasteiger partial charge on any atom is -0.444 e. The molecule has 1 rings (SSSR count). The van der Waals surface area contributed by atoms with Gasteiger partial charge in [-0.1, -0.05) is 31.1 Å². The van der Waals surface area contributed by atoms with E-state index in [0.717, 1.165) is 12.8 Å². The molecule has 0 aromatic rings. The van der Waals surface area contributed by atoms with E-state index >= 15 is 0 Å². The van der Waals surface area contributed by atoms with Crippen molar-refractivity contribution >= 4 is 35.0 Å². The van der Waals surface area contributed by atoms with Crippen LogP contribution in [0.1, 0.15) is 53.4 Å². The summed E-state index contributed by atoms with van der Waals surface area (Å²) in [5, 5.41) is 0.387. The molecule has 0 bridgehead atoms. The van der Waals surface area contributed by atoms with Crippen molar-refractivity contribution in [2.75, 3.05) is 20.2 Å². The Labute approximate surface area is 149 Å². The summed E-state index contributed by atoms with van der Waals surface area (Å²) >= 11 is 6.66. The van der Waals surface area contributed by atoms with Gasteiger partial charge in [0.05, 0.1) is 6.61 Å². The van der Waals surface area contributed by atoms with E-state index in [1.807, 2.05) is 20.8 Å². The molecule has 0 radical (unpaired) electrons. The topological polar surface area (TPSA) is 59.0 Å². The maximum atomic E-state index is 11.8. The Morgan fingerprint density at radius 2 is 2.09 bits per heavy atom. The molecular formula is C15H30NO4PS2. The highest BCUT2D eigenvalue weighted by atomic mass is 32.9. The van der Waals surface area contributed by atoms with Gasteiger partial charge in [0.2, 0.25) is 5.69 Å². The molecule has 136 valence electrons. The summed E-state index contributed by atoms with van der Waals surface area (Å²) in [5.41, 5.74) is -3.37. The maximum Gasteiger partial charge on any atom is 0.410 e. The van der Waals surface area contributed by atoms with Crippen LogP contribution in [0.2, 0.25) is 0 Å². The molecule has 8 heteroatoms. The van der Waals surface area contributed by atoms with Crippen LogP contribution >= 0.6 is 17.1 Å². The van der Waals surface area contributed by atoms with E-state index < -0.39 is 17.4 Å². The van der Waals surface area contributed by atoms with Gasteiger partial charge < -0.3 is 19.1 Å². The van der Waals surface area contributed by atoms with E-state index in [2.05, 4.69) is 6.92 Å². The average Bonchev–Trinajstić information content (AvgIpc) is 2.35. The third-order valence-corrected chi connectivity index (χ3v) is 8.16. The maximum absolute atomic E-state index is 11.8. The molecule has 0 heterocycles. The molecule has 1 fully saturated rings. The third kappa shape index (κ3) is 9.30. The second kappa shape index (κ2) is 9.04. The first-order chi connectivity index (χ1) is 10.5. The lowest BCUT2D eigenvalue weighted by Gasteiger charge is -2.29. The Bertz CT molecular complexity index is 442. The molecular weight excluding hydrogens is 353 g/mol. The van der Waals surface area contributed by atoms with Crippen LogP contribution in [0.5, 0.6) is 0 Å². The monoisotopic (exact) mass is 383 g/mol. The van der Waals surface area contributed by atoms with Crippen molar-refractivity contribution in [1.82, 2.24) is 4.90 Å². The largest absolute Gasteiger partial charge is 0.444 e. The standard InChI is InChI=1S/C15H30NO4PS2/c1-12-7-6-8-13(11-12)23-21(18,22)19-10-9-16(5)14(17)20-15(2,3)4/h12-13H,6-11H2,1-5H3,(H,18,22). The normalized spacial score (nSPS) is 24.8. The molecule has 5 nitrogen and oxygen atoms in total. The summed E-state index contributed by atoms with van der Waals surface area (Å²) in [5.74, 6) is 0.689. The molecule has 3 atom stereocenters. The first-order valence-electron chi connectivity index (χ1n) is 8.08. The number of carbonyl (C=O) groups is 1. The number of amides is 1. The minimum atomic E-state index is -2.84. The van der Waals surface area contributed by atoms with Crippen LogP contribution in [0.3, 0.4) is 0 Å². The number of ether oxygens (including phenoxy) is 1. The van der Waals surface area contributed by atoms with Crippen molar-refractivity contribution in [3.63, 3.8) is 0 Å². The lowest BCUT2D eigenvalue weighted by atomic mass is 9.91. The van der Waals surface area contributed by atoms with Crippen LogP contribution in [0, 0.1) is 5.92 Å². The smallest absolute Gasteiger partial charge is 0.410 e. The predicted octanol–water partition coefficient (Wildman–Crippen LogP) is 4.40. The van der Waals surface area contributed by atoms with E-state index in [1.165, 1.54) is 29.1 Å². The summed E-state index contributed by atoms with van der Waals surface area (Å²) < 4.78 is 10.8. The van der Waals surface area contributed by atoms with Gasteiger partial charge in [0.25, 0.3) is 0 Å². The summed E-state index contributed by atoms with van der Waals surface area (Å²) in [6.07, 6.45) is 4.23. The number of rotatable bonds is 6. The lowest BCUT2D eigenvalue weighted by molar-refractivity contribution is 0.0279. The summed E-state index contributed by atoms with van der Waals surface area (Å²) in [7, 11) is 1.65. The number of nitrogens with zero attached hydrogens (tertiary/aromatic N) is 1. The first-order valence-corrected chi connectivity index (χ1v) is 12.2. The van der Waals surface area contributed by atoms with Gasteiger partial charge in [0.15, 0.2) is 0 Å². The number of hydrogen-bond acceptors (Lipinski definition) is 5. The quantitative estimate of drug-likeness (QED) is 0.686. The highest BCUT2D eigenvalue weighted by Gasteiger charge is 2.27. The molecule has 0 aromatic heterocycles. The van der Waals surface area contributed by atoms with Crippen LogP contribution in [0.25, 0.3) is 0 Å². The molecule has 1 amide bonds. The van der Waals surface area contributed by atoms with Crippen LogP contribution in [-0.4, -0.2) is 46.9 Å². The van der Waals surface area contributed by atoms with Gasteiger partial charge in [-0.05, 0) is 51.3 Å². The Hall–Kier alpha value is 0.190. The SMILES string of the molecule is CC1CCCC(SP(O)(=S)OCCN(C)C(=O)OC(C)(C)C)C1. The van der Waals surface area contributed by atoms with Crippen molar-refractivity contribution in [2.24, 2.45) is 5.92 Å². The Morgan fingerprint density at radius 1 is 1.43 bits per heavy atom. The Balaban J connectivity index is 2.32. The molecule has 3 unspecified atom stereocenters. The van der Waals surface area contributed by atoms with Gasteiger partial charge in [-0.15, -0.1) is 0 Å². The molecule has 1 aliphatic carbocycles. The number of hydrogen-bond donors (Lipinski definition) is 1. The molecule has 0 spiro atoms. The molecule has 1 aliphatic rings. The van der Waals surface area contributed by atoms with Crippen LogP contribution in [-0.2, 0) is 21.1 Å². The van der Waals surface area contributed by atoms with Crippen molar-refractivity contribution in [1.29, 1.82) is 0 Å². The molecule has 1 saturated carbocycles. The second-order valence-corrected chi connectivity index (χ2v) is 13.6. The van der Waals surface area contributed by atoms with Gasteiger partial charge in [0.1, 0.15) is 5.60 Å². The van der Waals surface area contributed by atoms with E-state index in [4.69, 9.17) is 21.1 Å². The summed E-state index contributed by atoms with van der Waals surface area (Å²) in [4.78, 5) is 23.6. The second-order valence-electron chi connectivity index (χ2n) is 7.20. The number of likely N-dealkylation sites (N-methyl/N-ethyl adjacent to an activating group) is 1. The van der Waals surface area contributed by atoms with Crippen LogP contribution < -0.4 is 0 Å². The highest BCUT2D eigenvalue weighted by molar-refractivity contribution is 8.67. The predicted molar refractivity (Wildman–Crippen MR) is 100 cm³/mol. The lowest BCUT2D eigenvalue weighted by Crippen LogP contribution is -2.35. The van der Waals surface area contributed by atoms with Gasteiger partial charge in [0, 0.05) is 18.8 Å². The fourth-order valence-corrected chi connectivity index (χ4v) is 7.28. The molecule has 0 aromatic carbocycles.